The second-order valence-corrected chi connectivity index (χ2v) is 4.20. The van der Waals surface area contributed by atoms with Gasteiger partial charge in [-0.2, -0.15) is 5.26 Å². The van der Waals surface area contributed by atoms with Gasteiger partial charge in [0, 0.05) is 5.92 Å². The van der Waals surface area contributed by atoms with Crippen molar-refractivity contribution in [3.8, 4) is 6.07 Å². The van der Waals surface area contributed by atoms with Crippen LogP contribution in [0.4, 0.5) is 0 Å². The molecule has 2 rings (SSSR count). The number of nitrogens with zero attached hydrogens (tertiary/aromatic N) is 1. The van der Waals surface area contributed by atoms with Gasteiger partial charge in [0.1, 0.15) is 0 Å². The van der Waals surface area contributed by atoms with Crippen LogP contribution in [0.2, 0.25) is 0 Å². The molecule has 1 aliphatic carbocycles. The number of hydrogen-bond acceptors (Lipinski definition) is 3. The predicted octanol–water partition coefficient (Wildman–Crippen LogP) is 2.42. The van der Waals surface area contributed by atoms with E-state index in [0.717, 1.165) is 18.4 Å². The molecule has 0 saturated carbocycles. The standard InChI is InChI=1S/C14H15NO2/c1-2-17-14(16)13(9-15)12-8-7-10-5-3-4-6-11(10)12/h3-6,12-13H,2,7-8H2,1H3/t12-,13-/m0/s1. The molecule has 0 bridgehead atoms. The molecule has 0 saturated heterocycles. The van der Waals surface area contributed by atoms with Crippen molar-refractivity contribution in [2.45, 2.75) is 25.7 Å². The Labute approximate surface area is 101 Å². The average molecular weight is 229 g/mol. The average Bonchev–Trinajstić information content (AvgIpc) is 2.75. The van der Waals surface area contributed by atoms with E-state index >= 15 is 0 Å². The van der Waals surface area contributed by atoms with Gasteiger partial charge >= 0.3 is 5.97 Å². The molecule has 0 aromatic heterocycles. The number of benzene rings is 1. The lowest BCUT2D eigenvalue weighted by Gasteiger charge is -2.16. The summed E-state index contributed by atoms with van der Waals surface area (Å²) in [6.45, 7) is 2.08. The normalized spacial score (nSPS) is 19.2. The Bertz CT molecular complexity index is 462. The number of carbonyl (C=O) groups is 1. The van der Waals surface area contributed by atoms with Crippen LogP contribution >= 0.6 is 0 Å². The molecular weight excluding hydrogens is 214 g/mol. The summed E-state index contributed by atoms with van der Waals surface area (Å²) >= 11 is 0. The first-order valence-corrected chi connectivity index (χ1v) is 5.92. The molecule has 0 amide bonds. The second-order valence-electron chi connectivity index (χ2n) is 4.20. The molecule has 0 fully saturated rings. The van der Waals surface area contributed by atoms with E-state index in [2.05, 4.69) is 12.1 Å². The van der Waals surface area contributed by atoms with Crippen LogP contribution < -0.4 is 0 Å². The molecule has 1 aliphatic rings. The van der Waals surface area contributed by atoms with Crippen molar-refractivity contribution in [3.05, 3.63) is 35.4 Å². The summed E-state index contributed by atoms with van der Waals surface area (Å²) in [4.78, 5) is 11.7. The summed E-state index contributed by atoms with van der Waals surface area (Å²) in [5, 5.41) is 9.16. The van der Waals surface area contributed by atoms with E-state index < -0.39 is 11.9 Å². The zero-order chi connectivity index (χ0) is 12.3. The Morgan fingerprint density at radius 3 is 3.06 bits per heavy atom. The highest BCUT2D eigenvalue weighted by Gasteiger charge is 2.35. The first kappa shape index (κ1) is 11.7. The van der Waals surface area contributed by atoms with E-state index in [1.807, 2.05) is 18.2 Å². The summed E-state index contributed by atoms with van der Waals surface area (Å²) < 4.78 is 4.96. The van der Waals surface area contributed by atoms with Gasteiger partial charge in [0.05, 0.1) is 12.7 Å². The maximum atomic E-state index is 11.7. The number of ether oxygens (including phenoxy) is 1. The summed E-state index contributed by atoms with van der Waals surface area (Å²) in [7, 11) is 0. The molecule has 1 aromatic rings. The Morgan fingerprint density at radius 1 is 1.59 bits per heavy atom. The highest BCUT2D eigenvalue weighted by Crippen LogP contribution is 2.38. The summed E-state index contributed by atoms with van der Waals surface area (Å²) in [6.07, 6.45) is 1.80. The third-order valence-corrected chi connectivity index (χ3v) is 3.26. The SMILES string of the molecule is CCOC(=O)[C@@H](C#N)[C@H]1CCc2ccccc21. The number of hydrogen-bond donors (Lipinski definition) is 0. The van der Waals surface area contributed by atoms with Crippen molar-refractivity contribution in [1.29, 1.82) is 5.26 Å². The van der Waals surface area contributed by atoms with Crippen molar-refractivity contribution in [2.24, 2.45) is 5.92 Å². The van der Waals surface area contributed by atoms with Crippen LogP contribution in [-0.4, -0.2) is 12.6 Å². The molecule has 0 N–H and O–H groups in total. The van der Waals surface area contributed by atoms with Crippen LogP contribution in [0.1, 0.15) is 30.4 Å². The van der Waals surface area contributed by atoms with Crippen molar-refractivity contribution < 1.29 is 9.53 Å². The maximum absolute atomic E-state index is 11.7. The quantitative estimate of drug-likeness (QED) is 0.748. The van der Waals surface area contributed by atoms with Crippen LogP contribution in [-0.2, 0) is 16.0 Å². The summed E-state index contributed by atoms with van der Waals surface area (Å²) in [5.74, 6) is -1.06. The van der Waals surface area contributed by atoms with Gasteiger partial charge in [-0.25, -0.2) is 0 Å². The van der Waals surface area contributed by atoms with E-state index in [0.29, 0.717) is 6.61 Å². The summed E-state index contributed by atoms with van der Waals surface area (Å²) in [6, 6.07) is 10.1. The van der Waals surface area contributed by atoms with Gasteiger partial charge in [0.15, 0.2) is 5.92 Å². The minimum absolute atomic E-state index is 0.00440. The highest BCUT2D eigenvalue weighted by molar-refractivity contribution is 5.77. The number of nitriles is 1. The molecule has 0 radical (unpaired) electrons. The molecule has 0 unspecified atom stereocenters. The first-order chi connectivity index (χ1) is 8.27. The van der Waals surface area contributed by atoms with Crippen molar-refractivity contribution >= 4 is 5.97 Å². The predicted molar refractivity (Wildman–Crippen MR) is 63.2 cm³/mol. The second kappa shape index (κ2) is 5.01. The van der Waals surface area contributed by atoms with Gasteiger partial charge < -0.3 is 4.74 Å². The molecule has 3 heteroatoms. The third-order valence-electron chi connectivity index (χ3n) is 3.26. The fraction of sp³-hybridized carbons (Fsp3) is 0.429. The molecule has 17 heavy (non-hydrogen) atoms. The maximum Gasteiger partial charge on any atom is 0.323 e. The lowest BCUT2D eigenvalue weighted by Crippen LogP contribution is -2.22. The Balaban J connectivity index is 2.24. The Morgan fingerprint density at radius 2 is 2.35 bits per heavy atom. The lowest BCUT2D eigenvalue weighted by molar-refractivity contribution is -0.146. The van der Waals surface area contributed by atoms with Crippen LogP contribution in [0.25, 0.3) is 0 Å². The van der Waals surface area contributed by atoms with E-state index in [4.69, 9.17) is 10.00 Å². The zero-order valence-electron chi connectivity index (χ0n) is 9.85. The Hall–Kier alpha value is -1.82. The monoisotopic (exact) mass is 229 g/mol. The topological polar surface area (TPSA) is 50.1 Å². The molecule has 1 aromatic carbocycles. The zero-order valence-corrected chi connectivity index (χ0v) is 9.85. The van der Waals surface area contributed by atoms with E-state index in [1.165, 1.54) is 5.56 Å². The van der Waals surface area contributed by atoms with Crippen LogP contribution in [0.15, 0.2) is 24.3 Å². The van der Waals surface area contributed by atoms with Gasteiger partial charge in [-0.15, -0.1) is 0 Å². The van der Waals surface area contributed by atoms with Crippen molar-refractivity contribution in [2.75, 3.05) is 6.61 Å². The number of fused-ring (bicyclic) bond motifs is 1. The van der Waals surface area contributed by atoms with Gasteiger partial charge in [-0.05, 0) is 30.9 Å². The largest absolute Gasteiger partial charge is 0.465 e. The van der Waals surface area contributed by atoms with Gasteiger partial charge in [-0.3, -0.25) is 4.79 Å². The molecule has 0 aliphatic heterocycles. The van der Waals surface area contributed by atoms with Crippen molar-refractivity contribution in [1.82, 2.24) is 0 Å². The van der Waals surface area contributed by atoms with Crippen molar-refractivity contribution in [3.63, 3.8) is 0 Å². The molecule has 0 spiro atoms. The fourth-order valence-corrected chi connectivity index (χ4v) is 2.48. The lowest BCUT2D eigenvalue weighted by atomic mass is 9.88. The van der Waals surface area contributed by atoms with E-state index in [-0.39, 0.29) is 5.92 Å². The third kappa shape index (κ3) is 2.16. The molecule has 0 heterocycles. The van der Waals surface area contributed by atoms with Gasteiger partial charge in [0.2, 0.25) is 0 Å². The van der Waals surface area contributed by atoms with Gasteiger partial charge in [0.25, 0.3) is 0 Å². The highest BCUT2D eigenvalue weighted by atomic mass is 16.5. The molecule has 2 atom stereocenters. The first-order valence-electron chi connectivity index (χ1n) is 5.92. The number of aryl methyl sites for hydroxylation is 1. The number of carbonyl (C=O) groups excluding carboxylic acids is 1. The van der Waals surface area contributed by atoms with Crippen LogP contribution in [0.5, 0.6) is 0 Å². The smallest absolute Gasteiger partial charge is 0.323 e. The fourth-order valence-electron chi connectivity index (χ4n) is 2.48. The van der Waals surface area contributed by atoms with Gasteiger partial charge in [-0.1, -0.05) is 24.3 Å². The summed E-state index contributed by atoms with van der Waals surface area (Å²) in [5.41, 5.74) is 2.38. The van der Waals surface area contributed by atoms with Crippen LogP contribution in [0.3, 0.4) is 0 Å². The number of esters is 1. The Kier molecular flexibility index (Phi) is 3.43. The molecular formula is C14H15NO2. The van der Waals surface area contributed by atoms with E-state index in [1.54, 1.807) is 6.92 Å². The number of rotatable bonds is 3. The van der Waals surface area contributed by atoms with Crippen LogP contribution in [0, 0.1) is 17.2 Å². The minimum Gasteiger partial charge on any atom is -0.465 e. The molecule has 88 valence electrons. The van der Waals surface area contributed by atoms with E-state index in [9.17, 15) is 4.79 Å². The minimum atomic E-state index is -0.668. The molecule has 3 nitrogen and oxygen atoms in total.